The highest BCUT2D eigenvalue weighted by Gasteiger charge is 2.35. The lowest BCUT2D eigenvalue weighted by Crippen LogP contribution is -2.38. The summed E-state index contributed by atoms with van der Waals surface area (Å²) in [7, 11) is 1.68. The van der Waals surface area contributed by atoms with Gasteiger partial charge in [-0.3, -0.25) is 9.79 Å². The maximum Gasteiger partial charge on any atom is 0.254 e. The van der Waals surface area contributed by atoms with Gasteiger partial charge in [-0.1, -0.05) is 65.7 Å². The van der Waals surface area contributed by atoms with Gasteiger partial charge in [0.25, 0.3) is 5.91 Å². The quantitative estimate of drug-likeness (QED) is 0.649. The van der Waals surface area contributed by atoms with E-state index in [1.165, 1.54) is 4.90 Å². The van der Waals surface area contributed by atoms with Crippen LogP contribution >= 0.6 is 23.2 Å². The first-order chi connectivity index (χ1) is 14.0. The van der Waals surface area contributed by atoms with E-state index in [0.717, 1.165) is 11.1 Å². The highest BCUT2D eigenvalue weighted by atomic mass is 35.5. The van der Waals surface area contributed by atoms with Gasteiger partial charge in [-0.2, -0.15) is 0 Å². The largest absolute Gasteiger partial charge is 0.386 e. The van der Waals surface area contributed by atoms with E-state index in [1.54, 1.807) is 49.5 Å². The van der Waals surface area contributed by atoms with Crippen molar-refractivity contribution >= 4 is 40.5 Å². The molecule has 6 heteroatoms. The van der Waals surface area contributed by atoms with E-state index < -0.39 is 12.1 Å². The molecule has 0 radical (unpaired) electrons. The summed E-state index contributed by atoms with van der Waals surface area (Å²) in [5, 5.41) is 12.1. The molecule has 3 aromatic carbocycles. The standard InChI is InChI=1S/C23H18Cl2N2O2/c1-27-19-12-11-17(25)13-18(19)20(14-5-3-2-4-6-14)26-21(23(27)29)22(28)15-7-9-16(24)10-8-15/h2-13,21-22,28H,1H3/t21-,22-/m1/s1. The van der Waals surface area contributed by atoms with Crippen LogP contribution < -0.4 is 4.90 Å². The number of benzodiazepines with no additional fused rings is 1. The summed E-state index contributed by atoms with van der Waals surface area (Å²) >= 11 is 12.2. The predicted octanol–water partition coefficient (Wildman–Crippen LogP) is 4.91. The zero-order valence-corrected chi connectivity index (χ0v) is 17.1. The van der Waals surface area contributed by atoms with Crippen LogP contribution in [0.1, 0.15) is 22.8 Å². The number of rotatable bonds is 3. The second kappa shape index (κ2) is 7.99. The summed E-state index contributed by atoms with van der Waals surface area (Å²) in [6.07, 6.45) is -1.12. The number of aliphatic hydroxyl groups excluding tert-OH is 1. The fourth-order valence-electron chi connectivity index (χ4n) is 3.45. The van der Waals surface area contributed by atoms with Crippen LogP contribution in [0, 0.1) is 0 Å². The summed E-state index contributed by atoms with van der Waals surface area (Å²) in [6, 6.07) is 20.7. The average molecular weight is 425 g/mol. The second-order valence-corrected chi connectivity index (χ2v) is 7.72. The van der Waals surface area contributed by atoms with Crippen molar-refractivity contribution in [3.63, 3.8) is 0 Å². The monoisotopic (exact) mass is 424 g/mol. The van der Waals surface area contributed by atoms with Gasteiger partial charge in [0.05, 0.1) is 11.4 Å². The Morgan fingerprint density at radius 1 is 0.966 bits per heavy atom. The zero-order chi connectivity index (χ0) is 20.5. The number of aliphatic imine (C=N–C) groups is 1. The van der Waals surface area contributed by atoms with E-state index >= 15 is 0 Å². The molecule has 0 fully saturated rings. The molecular weight excluding hydrogens is 407 g/mol. The molecule has 0 saturated carbocycles. The third kappa shape index (κ3) is 3.79. The molecular formula is C23H18Cl2N2O2. The van der Waals surface area contributed by atoms with E-state index in [9.17, 15) is 9.90 Å². The Balaban J connectivity index is 1.89. The smallest absolute Gasteiger partial charge is 0.254 e. The molecule has 29 heavy (non-hydrogen) atoms. The predicted molar refractivity (Wildman–Crippen MR) is 117 cm³/mol. The first-order valence-corrected chi connectivity index (χ1v) is 9.85. The van der Waals surface area contributed by atoms with Crippen molar-refractivity contribution in [1.82, 2.24) is 0 Å². The number of halogens is 2. The molecule has 1 aliphatic heterocycles. The number of benzene rings is 3. The molecule has 0 bridgehead atoms. The van der Waals surface area contributed by atoms with Gasteiger partial charge in [0.2, 0.25) is 0 Å². The van der Waals surface area contributed by atoms with Crippen LogP contribution in [-0.4, -0.2) is 29.8 Å². The van der Waals surface area contributed by atoms with Crippen molar-refractivity contribution < 1.29 is 9.90 Å². The number of carbonyl (C=O) groups excluding carboxylic acids is 1. The Morgan fingerprint density at radius 3 is 2.31 bits per heavy atom. The van der Waals surface area contributed by atoms with E-state index in [1.807, 2.05) is 30.3 Å². The summed E-state index contributed by atoms with van der Waals surface area (Å²) in [6.45, 7) is 0. The third-order valence-corrected chi connectivity index (χ3v) is 5.47. The van der Waals surface area contributed by atoms with Crippen LogP contribution in [0.3, 0.4) is 0 Å². The summed E-state index contributed by atoms with van der Waals surface area (Å²) in [4.78, 5) is 19.5. The SMILES string of the molecule is CN1C(=O)[C@@H]([C@H](O)c2ccc(Cl)cc2)N=C(c2ccccc2)c2cc(Cl)ccc21. The van der Waals surface area contributed by atoms with Crippen molar-refractivity contribution in [2.75, 3.05) is 11.9 Å². The van der Waals surface area contributed by atoms with Gasteiger partial charge in [-0.15, -0.1) is 0 Å². The van der Waals surface area contributed by atoms with E-state index in [0.29, 0.717) is 27.0 Å². The lowest BCUT2D eigenvalue weighted by atomic mass is 9.99. The highest BCUT2D eigenvalue weighted by molar-refractivity contribution is 6.32. The highest BCUT2D eigenvalue weighted by Crippen LogP contribution is 2.33. The number of hydrogen-bond donors (Lipinski definition) is 1. The van der Waals surface area contributed by atoms with Crippen LogP contribution in [0.4, 0.5) is 5.69 Å². The maximum atomic E-state index is 13.3. The maximum absolute atomic E-state index is 13.3. The van der Waals surface area contributed by atoms with Gasteiger partial charge in [-0.25, -0.2) is 0 Å². The van der Waals surface area contributed by atoms with E-state index in [2.05, 4.69) is 0 Å². The van der Waals surface area contributed by atoms with Crippen molar-refractivity contribution in [2.24, 2.45) is 4.99 Å². The zero-order valence-electron chi connectivity index (χ0n) is 15.6. The molecule has 1 heterocycles. The Labute approximate surface area is 179 Å². The molecule has 0 spiro atoms. The Kier molecular flexibility index (Phi) is 5.41. The van der Waals surface area contributed by atoms with Crippen LogP contribution in [0.25, 0.3) is 0 Å². The second-order valence-electron chi connectivity index (χ2n) is 6.84. The molecule has 4 rings (SSSR count). The minimum absolute atomic E-state index is 0.304. The van der Waals surface area contributed by atoms with Crippen molar-refractivity contribution in [2.45, 2.75) is 12.1 Å². The van der Waals surface area contributed by atoms with Gasteiger partial charge in [0.15, 0.2) is 6.04 Å². The van der Waals surface area contributed by atoms with E-state index in [4.69, 9.17) is 28.2 Å². The normalized spacial score (nSPS) is 17.4. The number of hydrogen-bond acceptors (Lipinski definition) is 3. The summed E-state index contributed by atoms with van der Waals surface area (Å²) in [5.74, 6) is -0.304. The molecule has 0 aliphatic carbocycles. The van der Waals surface area contributed by atoms with Gasteiger partial charge >= 0.3 is 0 Å². The molecule has 3 aromatic rings. The molecule has 1 aliphatic rings. The van der Waals surface area contributed by atoms with Gasteiger partial charge in [0, 0.05) is 28.2 Å². The van der Waals surface area contributed by atoms with Crippen molar-refractivity contribution in [3.05, 3.63) is 99.5 Å². The number of likely N-dealkylation sites (N-methyl/N-ethyl adjacent to an activating group) is 1. The number of fused-ring (bicyclic) bond motifs is 1. The molecule has 1 N–H and O–H groups in total. The topological polar surface area (TPSA) is 52.9 Å². The minimum Gasteiger partial charge on any atom is -0.386 e. The van der Waals surface area contributed by atoms with Crippen LogP contribution in [0.15, 0.2) is 77.8 Å². The molecule has 0 saturated heterocycles. The number of carbonyl (C=O) groups is 1. The Hall–Kier alpha value is -2.66. The number of amides is 1. The molecule has 1 amide bonds. The van der Waals surface area contributed by atoms with Gasteiger partial charge in [-0.05, 0) is 35.9 Å². The molecule has 4 nitrogen and oxygen atoms in total. The van der Waals surface area contributed by atoms with Crippen molar-refractivity contribution in [1.29, 1.82) is 0 Å². The summed E-state index contributed by atoms with van der Waals surface area (Å²) in [5.41, 5.74) is 3.45. The Bertz CT molecular complexity index is 1080. The minimum atomic E-state index is -1.12. The Morgan fingerprint density at radius 2 is 1.62 bits per heavy atom. The molecule has 2 atom stereocenters. The van der Waals surface area contributed by atoms with Crippen molar-refractivity contribution in [3.8, 4) is 0 Å². The first-order valence-electron chi connectivity index (χ1n) is 9.10. The number of anilines is 1. The molecule has 146 valence electrons. The summed E-state index contributed by atoms with van der Waals surface area (Å²) < 4.78 is 0. The first kappa shape index (κ1) is 19.6. The van der Waals surface area contributed by atoms with Gasteiger partial charge < -0.3 is 10.0 Å². The van der Waals surface area contributed by atoms with Crippen LogP contribution in [-0.2, 0) is 4.79 Å². The van der Waals surface area contributed by atoms with Crippen LogP contribution in [0.2, 0.25) is 10.0 Å². The third-order valence-electron chi connectivity index (χ3n) is 4.98. The van der Waals surface area contributed by atoms with Gasteiger partial charge in [0.1, 0.15) is 6.10 Å². The van der Waals surface area contributed by atoms with E-state index in [-0.39, 0.29) is 5.91 Å². The molecule has 0 aromatic heterocycles. The lowest BCUT2D eigenvalue weighted by Gasteiger charge is -2.23. The average Bonchev–Trinajstić information content (AvgIpc) is 2.84. The number of aliphatic hydroxyl groups is 1. The fraction of sp³-hybridized carbons (Fsp3) is 0.130. The fourth-order valence-corrected chi connectivity index (χ4v) is 3.74. The number of nitrogens with zero attached hydrogens (tertiary/aromatic N) is 2. The lowest BCUT2D eigenvalue weighted by molar-refractivity contribution is -0.121. The van der Waals surface area contributed by atoms with Crippen LogP contribution in [0.5, 0.6) is 0 Å². The molecule has 0 unspecified atom stereocenters.